The highest BCUT2D eigenvalue weighted by Gasteiger charge is 2.24. The van der Waals surface area contributed by atoms with E-state index in [1.807, 2.05) is 36.2 Å². The number of nitrogens with zero attached hydrogens (tertiary/aromatic N) is 5. The molecule has 1 N–H and O–H groups in total. The Bertz CT molecular complexity index is 937. The van der Waals surface area contributed by atoms with Gasteiger partial charge in [-0.05, 0) is 43.0 Å². The first-order valence-electron chi connectivity index (χ1n) is 9.18. The maximum atomic E-state index is 12.8. The number of hydrogen-bond donors (Lipinski definition) is 1. The molecule has 1 unspecified atom stereocenters. The number of rotatable bonds is 3. The Balaban J connectivity index is 1.53. The van der Waals surface area contributed by atoms with Crippen LogP contribution in [-0.4, -0.2) is 56.9 Å². The van der Waals surface area contributed by atoms with E-state index in [2.05, 4.69) is 25.3 Å². The van der Waals surface area contributed by atoms with Crippen molar-refractivity contribution in [1.82, 2.24) is 30.2 Å². The lowest BCUT2D eigenvalue weighted by atomic mass is 9.98. The predicted octanol–water partition coefficient (Wildman–Crippen LogP) is 1.63. The molecule has 1 saturated heterocycles. The molecule has 0 aliphatic carbocycles. The fourth-order valence-electron chi connectivity index (χ4n) is 3.48. The summed E-state index contributed by atoms with van der Waals surface area (Å²) in [5.74, 6) is 0.233. The van der Waals surface area contributed by atoms with Crippen LogP contribution < -0.4 is 5.32 Å². The van der Waals surface area contributed by atoms with E-state index in [1.165, 1.54) is 0 Å². The van der Waals surface area contributed by atoms with Crippen LogP contribution in [0, 0.1) is 12.8 Å². The van der Waals surface area contributed by atoms with E-state index in [9.17, 15) is 4.79 Å². The first-order chi connectivity index (χ1) is 13.2. The molecule has 27 heavy (non-hydrogen) atoms. The molecule has 138 valence electrons. The van der Waals surface area contributed by atoms with Crippen LogP contribution in [-0.2, 0) is 6.42 Å². The van der Waals surface area contributed by atoms with Crippen LogP contribution in [0.2, 0.25) is 0 Å². The summed E-state index contributed by atoms with van der Waals surface area (Å²) in [6.45, 7) is 4.84. The fourth-order valence-corrected chi connectivity index (χ4v) is 3.48. The summed E-state index contributed by atoms with van der Waals surface area (Å²) in [5.41, 5.74) is 4.21. The molecule has 0 radical (unpaired) electrons. The Morgan fingerprint density at radius 3 is 2.96 bits per heavy atom. The summed E-state index contributed by atoms with van der Waals surface area (Å²) in [6, 6.07) is 5.90. The number of fused-ring (bicyclic) bond motifs is 1. The van der Waals surface area contributed by atoms with Crippen molar-refractivity contribution >= 4 is 16.9 Å². The number of nitrogens with one attached hydrogen (secondary N) is 1. The first-order valence-corrected chi connectivity index (χ1v) is 9.18. The Morgan fingerprint density at radius 2 is 2.11 bits per heavy atom. The second kappa shape index (κ2) is 7.75. The number of aromatic nitrogens is 4. The molecule has 4 heterocycles. The molecule has 0 aromatic carbocycles. The average molecular weight is 362 g/mol. The van der Waals surface area contributed by atoms with Crippen molar-refractivity contribution < 1.29 is 4.79 Å². The van der Waals surface area contributed by atoms with Crippen molar-refractivity contribution in [2.75, 3.05) is 26.2 Å². The van der Waals surface area contributed by atoms with Gasteiger partial charge in [-0.15, -0.1) is 0 Å². The number of pyridine rings is 2. The van der Waals surface area contributed by atoms with Gasteiger partial charge in [0.2, 0.25) is 0 Å². The smallest absolute Gasteiger partial charge is 0.274 e. The van der Waals surface area contributed by atoms with Gasteiger partial charge in [-0.3, -0.25) is 19.7 Å². The molecule has 3 aromatic rings. The van der Waals surface area contributed by atoms with E-state index in [-0.39, 0.29) is 5.91 Å². The Hall–Kier alpha value is -2.93. The van der Waals surface area contributed by atoms with Gasteiger partial charge in [-0.2, -0.15) is 0 Å². The maximum Gasteiger partial charge on any atom is 0.274 e. The van der Waals surface area contributed by atoms with Crippen LogP contribution >= 0.6 is 0 Å². The molecule has 1 atom stereocenters. The number of carbonyl (C=O) groups is 1. The monoisotopic (exact) mass is 362 g/mol. The SMILES string of the molecule is Cc1cnc(C(=O)N2CCNCC(Cc3ccnc4cccnc34)C2)cn1. The summed E-state index contributed by atoms with van der Waals surface area (Å²) in [7, 11) is 0. The van der Waals surface area contributed by atoms with E-state index < -0.39 is 0 Å². The fraction of sp³-hybridized carbons (Fsp3) is 0.350. The molecule has 3 aromatic heterocycles. The molecular formula is C20H22N6O. The zero-order chi connectivity index (χ0) is 18.6. The second-order valence-electron chi connectivity index (χ2n) is 6.91. The van der Waals surface area contributed by atoms with Crippen LogP contribution in [0.3, 0.4) is 0 Å². The van der Waals surface area contributed by atoms with E-state index in [4.69, 9.17) is 0 Å². The summed E-state index contributed by atoms with van der Waals surface area (Å²) < 4.78 is 0. The molecule has 1 aliphatic rings. The number of carbonyl (C=O) groups excluding carboxylic acids is 1. The predicted molar refractivity (Wildman–Crippen MR) is 102 cm³/mol. The minimum absolute atomic E-state index is 0.0612. The standard InChI is InChI=1S/C20H22N6O/c1-14-10-25-18(12-24-14)20(27)26-8-7-21-11-15(13-26)9-16-4-6-22-17-3-2-5-23-19(16)17/h2-6,10,12,15,21H,7-9,11,13H2,1H3. The summed E-state index contributed by atoms with van der Waals surface area (Å²) in [6.07, 6.45) is 7.66. The molecule has 7 heteroatoms. The van der Waals surface area contributed by atoms with Gasteiger partial charge in [-0.1, -0.05) is 0 Å². The van der Waals surface area contributed by atoms with Gasteiger partial charge in [0, 0.05) is 44.8 Å². The van der Waals surface area contributed by atoms with E-state index in [1.54, 1.807) is 18.6 Å². The van der Waals surface area contributed by atoms with Gasteiger partial charge in [0.05, 0.1) is 22.9 Å². The average Bonchev–Trinajstić information content (AvgIpc) is 2.94. The summed E-state index contributed by atoms with van der Waals surface area (Å²) in [5, 5.41) is 3.45. The van der Waals surface area contributed by atoms with Gasteiger partial charge < -0.3 is 10.2 Å². The van der Waals surface area contributed by atoms with Crippen LogP contribution in [0.25, 0.3) is 11.0 Å². The molecule has 0 spiro atoms. The second-order valence-corrected chi connectivity index (χ2v) is 6.91. The highest BCUT2D eigenvalue weighted by atomic mass is 16.2. The van der Waals surface area contributed by atoms with Gasteiger partial charge in [0.1, 0.15) is 5.69 Å². The van der Waals surface area contributed by atoms with E-state index in [0.717, 1.165) is 41.8 Å². The van der Waals surface area contributed by atoms with Crippen molar-refractivity contribution in [3.8, 4) is 0 Å². The van der Waals surface area contributed by atoms with Crippen molar-refractivity contribution in [3.63, 3.8) is 0 Å². The van der Waals surface area contributed by atoms with Gasteiger partial charge in [0.25, 0.3) is 5.91 Å². The van der Waals surface area contributed by atoms with E-state index >= 15 is 0 Å². The molecule has 7 nitrogen and oxygen atoms in total. The normalized spacial score (nSPS) is 17.7. The van der Waals surface area contributed by atoms with Gasteiger partial charge in [0.15, 0.2) is 0 Å². The number of aryl methyl sites for hydroxylation is 1. The third-order valence-electron chi connectivity index (χ3n) is 4.85. The van der Waals surface area contributed by atoms with Crippen molar-refractivity contribution in [1.29, 1.82) is 0 Å². The first kappa shape index (κ1) is 17.5. The third kappa shape index (κ3) is 3.93. The van der Waals surface area contributed by atoms with Crippen molar-refractivity contribution in [2.45, 2.75) is 13.3 Å². The largest absolute Gasteiger partial charge is 0.336 e. The van der Waals surface area contributed by atoms with Crippen LogP contribution in [0.1, 0.15) is 21.7 Å². The Morgan fingerprint density at radius 1 is 1.19 bits per heavy atom. The van der Waals surface area contributed by atoms with Gasteiger partial charge >= 0.3 is 0 Å². The minimum atomic E-state index is -0.0612. The Labute approximate surface area is 157 Å². The molecule has 4 rings (SSSR count). The molecule has 1 aliphatic heterocycles. The zero-order valence-electron chi connectivity index (χ0n) is 15.3. The lowest BCUT2D eigenvalue weighted by molar-refractivity contribution is 0.0741. The zero-order valence-corrected chi connectivity index (χ0v) is 15.3. The highest BCUT2D eigenvalue weighted by Crippen LogP contribution is 2.19. The van der Waals surface area contributed by atoms with E-state index in [0.29, 0.717) is 24.7 Å². The summed E-state index contributed by atoms with van der Waals surface area (Å²) >= 11 is 0. The Kier molecular flexibility index (Phi) is 5.02. The molecular weight excluding hydrogens is 340 g/mol. The highest BCUT2D eigenvalue weighted by molar-refractivity contribution is 5.92. The molecule has 1 fully saturated rings. The van der Waals surface area contributed by atoms with Gasteiger partial charge in [-0.25, -0.2) is 4.98 Å². The van der Waals surface area contributed by atoms with Crippen molar-refractivity contribution in [2.24, 2.45) is 5.92 Å². The molecule has 0 saturated carbocycles. The van der Waals surface area contributed by atoms with Crippen molar-refractivity contribution in [3.05, 3.63) is 59.9 Å². The minimum Gasteiger partial charge on any atom is -0.336 e. The van der Waals surface area contributed by atoms with Crippen LogP contribution in [0.5, 0.6) is 0 Å². The topological polar surface area (TPSA) is 83.9 Å². The maximum absolute atomic E-state index is 12.8. The number of amides is 1. The van der Waals surface area contributed by atoms with Crippen LogP contribution in [0.15, 0.2) is 43.0 Å². The summed E-state index contributed by atoms with van der Waals surface area (Å²) in [4.78, 5) is 32.0. The lowest BCUT2D eigenvalue weighted by Crippen LogP contribution is -2.37. The lowest BCUT2D eigenvalue weighted by Gasteiger charge is -2.24. The van der Waals surface area contributed by atoms with Crippen LogP contribution in [0.4, 0.5) is 0 Å². The quantitative estimate of drug-likeness (QED) is 0.762. The number of hydrogen-bond acceptors (Lipinski definition) is 6. The molecule has 1 amide bonds. The third-order valence-corrected chi connectivity index (χ3v) is 4.85. The molecule has 0 bridgehead atoms.